The van der Waals surface area contributed by atoms with Gasteiger partial charge in [-0.25, -0.2) is 4.98 Å². The Morgan fingerprint density at radius 2 is 2.28 bits per heavy atom. The third-order valence-electron chi connectivity index (χ3n) is 2.29. The molecule has 0 saturated heterocycles. The van der Waals surface area contributed by atoms with Gasteiger partial charge in [-0.05, 0) is 24.5 Å². The van der Waals surface area contributed by atoms with Crippen LogP contribution in [0.3, 0.4) is 0 Å². The zero-order valence-corrected chi connectivity index (χ0v) is 11.7. The van der Waals surface area contributed by atoms with E-state index in [2.05, 4.69) is 4.98 Å². The van der Waals surface area contributed by atoms with Crippen LogP contribution in [0, 0.1) is 5.92 Å². The van der Waals surface area contributed by atoms with Crippen LogP contribution in [-0.4, -0.2) is 27.9 Å². The summed E-state index contributed by atoms with van der Waals surface area (Å²) < 4.78 is 5.57. The van der Waals surface area contributed by atoms with Gasteiger partial charge in [0.05, 0.1) is 6.61 Å². The van der Waals surface area contributed by atoms with Crippen molar-refractivity contribution in [1.29, 1.82) is 0 Å². The molecule has 1 N–H and O–H groups in total. The van der Waals surface area contributed by atoms with E-state index in [4.69, 9.17) is 4.74 Å². The van der Waals surface area contributed by atoms with E-state index in [1.165, 1.54) is 11.8 Å². The second-order valence-corrected chi connectivity index (χ2v) is 5.41. The van der Waals surface area contributed by atoms with Gasteiger partial charge in [-0.15, -0.1) is 0 Å². The lowest BCUT2D eigenvalue weighted by Gasteiger charge is -2.16. The standard InChI is InChI=1S/C13H19NO3S/c1-4-8-17-10-6-5-7-14-12(10)18-11(9(2)3)13(15)16/h5-7,9,11H,4,8H2,1-3H3,(H,15,16). The smallest absolute Gasteiger partial charge is 0.317 e. The number of nitrogens with zero attached hydrogens (tertiary/aromatic N) is 1. The van der Waals surface area contributed by atoms with Crippen molar-refractivity contribution in [3.8, 4) is 5.75 Å². The molecule has 0 radical (unpaired) electrons. The minimum absolute atomic E-state index is 0.0357. The molecule has 0 bridgehead atoms. The Bertz CT molecular complexity index is 396. The summed E-state index contributed by atoms with van der Waals surface area (Å²) in [6.45, 7) is 6.42. The van der Waals surface area contributed by atoms with Crippen LogP contribution in [0.15, 0.2) is 23.4 Å². The molecule has 0 aliphatic rings. The normalized spacial score (nSPS) is 12.4. The fraction of sp³-hybridized carbons (Fsp3) is 0.538. The van der Waals surface area contributed by atoms with E-state index >= 15 is 0 Å². The summed E-state index contributed by atoms with van der Waals surface area (Å²) in [5, 5.41) is 9.32. The van der Waals surface area contributed by atoms with Crippen LogP contribution in [0.5, 0.6) is 5.75 Å². The molecular weight excluding hydrogens is 250 g/mol. The van der Waals surface area contributed by atoms with E-state index < -0.39 is 11.2 Å². The summed E-state index contributed by atoms with van der Waals surface area (Å²) >= 11 is 1.25. The van der Waals surface area contributed by atoms with Crippen LogP contribution < -0.4 is 4.74 Å². The Hall–Kier alpha value is -1.23. The topological polar surface area (TPSA) is 59.4 Å². The number of rotatable bonds is 7. The molecule has 18 heavy (non-hydrogen) atoms. The predicted octanol–water partition coefficient (Wildman–Crippen LogP) is 3.07. The first-order valence-electron chi connectivity index (χ1n) is 6.03. The van der Waals surface area contributed by atoms with Crippen molar-refractivity contribution in [2.24, 2.45) is 5.92 Å². The lowest BCUT2D eigenvalue weighted by molar-refractivity contribution is -0.137. The average Bonchev–Trinajstić information content (AvgIpc) is 2.33. The molecule has 1 rings (SSSR count). The molecule has 1 unspecified atom stereocenters. The van der Waals surface area contributed by atoms with Crippen molar-refractivity contribution in [1.82, 2.24) is 4.98 Å². The number of pyridine rings is 1. The number of carboxylic acid groups (broad SMARTS) is 1. The van der Waals surface area contributed by atoms with Crippen LogP contribution in [0.4, 0.5) is 0 Å². The maximum Gasteiger partial charge on any atom is 0.317 e. The van der Waals surface area contributed by atoms with E-state index in [1.807, 2.05) is 26.8 Å². The minimum atomic E-state index is -0.818. The molecule has 0 spiro atoms. The molecule has 0 saturated carbocycles. The van der Waals surface area contributed by atoms with E-state index in [0.29, 0.717) is 17.4 Å². The number of hydrogen-bond acceptors (Lipinski definition) is 4. The van der Waals surface area contributed by atoms with Gasteiger partial charge < -0.3 is 9.84 Å². The molecule has 5 heteroatoms. The van der Waals surface area contributed by atoms with Crippen LogP contribution >= 0.6 is 11.8 Å². The van der Waals surface area contributed by atoms with E-state index in [-0.39, 0.29) is 5.92 Å². The Labute approximate surface area is 112 Å². The molecule has 0 amide bonds. The number of carboxylic acids is 1. The Morgan fingerprint density at radius 1 is 1.56 bits per heavy atom. The predicted molar refractivity (Wildman–Crippen MR) is 72.1 cm³/mol. The molecule has 1 atom stereocenters. The highest BCUT2D eigenvalue weighted by molar-refractivity contribution is 8.00. The highest BCUT2D eigenvalue weighted by Crippen LogP contribution is 2.33. The van der Waals surface area contributed by atoms with Crippen LogP contribution in [0.25, 0.3) is 0 Å². The Kier molecular flexibility index (Phi) is 5.98. The zero-order valence-electron chi connectivity index (χ0n) is 10.9. The number of hydrogen-bond donors (Lipinski definition) is 1. The number of ether oxygens (including phenoxy) is 1. The van der Waals surface area contributed by atoms with Gasteiger partial charge in [0, 0.05) is 6.20 Å². The third kappa shape index (κ3) is 4.22. The van der Waals surface area contributed by atoms with Gasteiger partial charge in [-0.2, -0.15) is 0 Å². The molecule has 0 aromatic carbocycles. The molecule has 100 valence electrons. The first kappa shape index (κ1) is 14.8. The SMILES string of the molecule is CCCOc1cccnc1SC(C(=O)O)C(C)C. The summed E-state index contributed by atoms with van der Waals surface area (Å²) in [6, 6.07) is 3.62. The van der Waals surface area contributed by atoms with Gasteiger partial charge in [0.1, 0.15) is 10.3 Å². The Balaban J connectivity index is 2.84. The fourth-order valence-corrected chi connectivity index (χ4v) is 2.36. The Morgan fingerprint density at radius 3 is 2.83 bits per heavy atom. The van der Waals surface area contributed by atoms with E-state index in [0.717, 1.165) is 6.42 Å². The van der Waals surface area contributed by atoms with E-state index in [9.17, 15) is 9.90 Å². The first-order chi connectivity index (χ1) is 8.56. The molecule has 1 aromatic heterocycles. The van der Waals surface area contributed by atoms with Gasteiger partial charge in [0.15, 0.2) is 5.75 Å². The van der Waals surface area contributed by atoms with Crippen LogP contribution in [0.2, 0.25) is 0 Å². The lowest BCUT2D eigenvalue weighted by atomic mass is 10.1. The van der Waals surface area contributed by atoms with Crippen molar-refractivity contribution >= 4 is 17.7 Å². The number of carbonyl (C=O) groups is 1. The maximum atomic E-state index is 11.2. The van der Waals surface area contributed by atoms with Crippen molar-refractivity contribution in [2.75, 3.05) is 6.61 Å². The largest absolute Gasteiger partial charge is 0.491 e. The second-order valence-electron chi connectivity index (χ2n) is 4.28. The van der Waals surface area contributed by atoms with E-state index in [1.54, 1.807) is 12.3 Å². The second kappa shape index (κ2) is 7.26. The molecule has 1 aromatic rings. The van der Waals surface area contributed by atoms with Gasteiger partial charge >= 0.3 is 5.97 Å². The van der Waals surface area contributed by atoms with Gasteiger partial charge in [0.2, 0.25) is 0 Å². The summed E-state index contributed by atoms with van der Waals surface area (Å²) in [5.41, 5.74) is 0. The van der Waals surface area contributed by atoms with Gasteiger partial charge in [-0.1, -0.05) is 32.5 Å². The zero-order chi connectivity index (χ0) is 13.5. The lowest BCUT2D eigenvalue weighted by Crippen LogP contribution is -2.22. The molecule has 0 fully saturated rings. The number of thioether (sulfide) groups is 1. The number of aromatic nitrogens is 1. The van der Waals surface area contributed by atoms with Crippen molar-refractivity contribution < 1.29 is 14.6 Å². The van der Waals surface area contributed by atoms with Gasteiger partial charge in [-0.3, -0.25) is 4.79 Å². The molecule has 4 nitrogen and oxygen atoms in total. The quantitative estimate of drug-likeness (QED) is 0.771. The monoisotopic (exact) mass is 269 g/mol. The highest BCUT2D eigenvalue weighted by Gasteiger charge is 2.24. The highest BCUT2D eigenvalue weighted by atomic mass is 32.2. The third-order valence-corrected chi connectivity index (χ3v) is 3.82. The molecule has 1 heterocycles. The first-order valence-corrected chi connectivity index (χ1v) is 6.91. The summed E-state index contributed by atoms with van der Waals surface area (Å²) in [6.07, 6.45) is 2.56. The van der Waals surface area contributed by atoms with Crippen molar-refractivity contribution in [3.63, 3.8) is 0 Å². The summed E-state index contributed by atoms with van der Waals surface area (Å²) in [5.74, 6) is -0.119. The molecule has 0 aliphatic carbocycles. The van der Waals surface area contributed by atoms with Gasteiger partial charge in [0.25, 0.3) is 0 Å². The van der Waals surface area contributed by atoms with Crippen molar-refractivity contribution in [3.05, 3.63) is 18.3 Å². The van der Waals surface area contributed by atoms with Crippen molar-refractivity contribution in [2.45, 2.75) is 37.5 Å². The maximum absolute atomic E-state index is 11.2. The molecule has 0 aliphatic heterocycles. The minimum Gasteiger partial charge on any atom is -0.491 e. The summed E-state index contributed by atoms with van der Waals surface area (Å²) in [7, 11) is 0. The van der Waals surface area contributed by atoms with Crippen LogP contribution in [0.1, 0.15) is 27.2 Å². The fourth-order valence-electron chi connectivity index (χ4n) is 1.38. The average molecular weight is 269 g/mol. The summed E-state index contributed by atoms with van der Waals surface area (Å²) in [4.78, 5) is 15.4. The number of aliphatic carboxylic acids is 1. The van der Waals surface area contributed by atoms with Crippen LogP contribution in [-0.2, 0) is 4.79 Å². The molecular formula is C13H19NO3S.